The zero-order valence-corrected chi connectivity index (χ0v) is 12.5. The van der Waals surface area contributed by atoms with Gasteiger partial charge in [0.2, 0.25) is 0 Å². The number of hydrogen-bond donors (Lipinski definition) is 0. The third kappa shape index (κ3) is 3.56. The molecular formula is C17H14ClNO2. The van der Waals surface area contributed by atoms with Gasteiger partial charge in [-0.25, -0.2) is 0 Å². The van der Waals surface area contributed by atoms with Crippen LogP contribution in [0.2, 0.25) is 5.02 Å². The van der Waals surface area contributed by atoms with E-state index in [1.165, 1.54) is 0 Å². The van der Waals surface area contributed by atoms with Crippen molar-refractivity contribution in [3.63, 3.8) is 0 Å². The highest BCUT2D eigenvalue weighted by Crippen LogP contribution is 2.29. The Balaban J connectivity index is 2.48. The third-order valence-corrected chi connectivity index (χ3v) is 3.23. The van der Waals surface area contributed by atoms with Gasteiger partial charge in [-0.15, -0.1) is 0 Å². The van der Waals surface area contributed by atoms with Crippen LogP contribution >= 0.6 is 11.6 Å². The number of methoxy groups -OCH3 is 2. The fraction of sp³-hybridized carbons (Fsp3) is 0.118. The van der Waals surface area contributed by atoms with Crippen LogP contribution in [0.5, 0.6) is 11.5 Å². The largest absolute Gasteiger partial charge is 0.497 e. The van der Waals surface area contributed by atoms with Crippen LogP contribution in [0.4, 0.5) is 0 Å². The molecule has 0 bridgehead atoms. The number of allylic oxidation sites excluding steroid dienone is 1. The van der Waals surface area contributed by atoms with Crippen molar-refractivity contribution in [3.8, 4) is 17.6 Å². The van der Waals surface area contributed by atoms with Crippen LogP contribution in [0.3, 0.4) is 0 Å². The maximum Gasteiger partial charge on any atom is 0.129 e. The lowest BCUT2D eigenvalue weighted by Gasteiger charge is -2.08. The van der Waals surface area contributed by atoms with Gasteiger partial charge in [-0.1, -0.05) is 23.7 Å². The van der Waals surface area contributed by atoms with Gasteiger partial charge in [-0.3, -0.25) is 0 Å². The Morgan fingerprint density at radius 2 is 1.95 bits per heavy atom. The van der Waals surface area contributed by atoms with Gasteiger partial charge in [0.15, 0.2) is 0 Å². The molecule has 2 aromatic rings. The predicted molar refractivity (Wildman–Crippen MR) is 84.5 cm³/mol. The monoisotopic (exact) mass is 299 g/mol. The molecule has 0 spiro atoms. The molecule has 0 saturated carbocycles. The molecule has 0 atom stereocenters. The molecule has 0 fully saturated rings. The van der Waals surface area contributed by atoms with Crippen LogP contribution in [-0.2, 0) is 0 Å². The Bertz CT molecular complexity index is 717. The molecule has 0 aromatic heterocycles. The maximum absolute atomic E-state index is 9.37. The van der Waals surface area contributed by atoms with Crippen molar-refractivity contribution in [2.24, 2.45) is 0 Å². The van der Waals surface area contributed by atoms with E-state index in [0.717, 1.165) is 11.1 Å². The smallest absolute Gasteiger partial charge is 0.129 e. The van der Waals surface area contributed by atoms with Crippen LogP contribution in [0.25, 0.3) is 11.6 Å². The molecule has 0 radical (unpaired) electrons. The van der Waals surface area contributed by atoms with E-state index >= 15 is 0 Å². The van der Waals surface area contributed by atoms with Gasteiger partial charge in [0.25, 0.3) is 0 Å². The normalized spacial score (nSPS) is 10.9. The van der Waals surface area contributed by atoms with Crippen LogP contribution in [0, 0.1) is 11.3 Å². The molecule has 0 amide bonds. The second kappa shape index (κ2) is 6.83. The molecular weight excluding hydrogens is 286 g/mol. The van der Waals surface area contributed by atoms with E-state index in [1.54, 1.807) is 38.5 Å². The molecule has 0 aliphatic heterocycles. The summed E-state index contributed by atoms with van der Waals surface area (Å²) in [5.41, 5.74) is 2.08. The Morgan fingerprint density at radius 3 is 2.57 bits per heavy atom. The van der Waals surface area contributed by atoms with E-state index in [2.05, 4.69) is 6.07 Å². The van der Waals surface area contributed by atoms with Crippen LogP contribution in [0.15, 0.2) is 42.5 Å². The highest BCUT2D eigenvalue weighted by molar-refractivity contribution is 6.30. The minimum absolute atomic E-state index is 0.515. The minimum Gasteiger partial charge on any atom is -0.497 e. The molecule has 0 aliphatic rings. The third-order valence-electron chi connectivity index (χ3n) is 3.00. The topological polar surface area (TPSA) is 42.2 Å². The van der Waals surface area contributed by atoms with Crippen molar-refractivity contribution in [1.82, 2.24) is 0 Å². The lowest BCUT2D eigenvalue weighted by Crippen LogP contribution is -1.90. The van der Waals surface area contributed by atoms with Gasteiger partial charge in [0.05, 0.1) is 25.9 Å². The second-order valence-corrected chi connectivity index (χ2v) is 4.72. The van der Waals surface area contributed by atoms with Crippen molar-refractivity contribution in [2.75, 3.05) is 14.2 Å². The minimum atomic E-state index is 0.515. The molecule has 0 unspecified atom stereocenters. The van der Waals surface area contributed by atoms with E-state index in [0.29, 0.717) is 22.1 Å². The summed E-state index contributed by atoms with van der Waals surface area (Å²) in [6.45, 7) is 0. The number of ether oxygens (including phenoxy) is 2. The molecule has 0 heterocycles. The molecule has 0 N–H and O–H groups in total. The molecule has 0 aliphatic carbocycles. The fourth-order valence-corrected chi connectivity index (χ4v) is 2.12. The van der Waals surface area contributed by atoms with Gasteiger partial charge >= 0.3 is 0 Å². The fourth-order valence-electron chi connectivity index (χ4n) is 1.93. The lowest BCUT2D eigenvalue weighted by molar-refractivity contribution is 0.394. The zero-order valence-electron chi connectivity index (χ0n) is 11.8. The van der Waals surface area contributed by atoms with Gasteiger partial charge in [-0.05, 0) is 35.9 Å². The second-order valence-electron chi connectivity index (χ2n) is 4.29. The summed E-state index contributed by atoms with van der Waals surface area (Å²) in [4.78, 5) is 0. The molecule has 4 heteroatoms. The molecule has 106 valence electrons. The lowest BCUT2D eigenvalue weighted by atomic mass is 10.0. The van der Waals surface area contributed by atoms with Crippen molar-refractivity contribution < 1.29 is 9.47 Å². The number of rotatable bonds is 4. The van der Waals surface area contributed by atoms with E-state index in [9.17, 15) is 5.26 Å². The highest BCUT2D eigenvalue weighted by Gasteiger charge is 2.06. The summed E-state index contributed by atoms with van der Waals surface area (Å²) < 4.78 is 10.5. The molecule has 3 nitrogen and oxygen atoms in total. The number of hydrogen-bond acceptors (Lipinski definition) is 3. The standard InChI is InChI=1S/C17H14ClNO2/c1-20-16-7-6-13(17(10-16)21-2)8-14(11-19)12-4-3-5-15(18)9-12/h3-10H,1-2H3/b14-8-. The van der Waals surface area contributed by atoms with Crippen LogP contribution in [-0.4, -0.2) is 14.2 Å². The van der Waals surface area contributed by atoms with Crippen LogP contribution in [0.1, 0.15) is 11.1 Å². The summed E-state index contributed by atoms with van der Waals surface area (Å²) in [5, 5.41) is 9.96. The zero-order chi connectivity index (χ0) is 15.2. The summed E-state index contributed by atoms with van der Waals surface area (Å²) in [6, 6.07) is 14.8. The summed E-state index contributed by atoms with van der Waals surface area (Å²) in [5.74, 6) is 1.34. The average Bonchev–Trinajstić information content (AvgIpc) is 2.52. The first-order valence-electron chi connectivity index (χ1n) is 6.27. The van der Waals surface area contributed by atoms with Gasteiger partial charge < -0.3 is 9.47 Å². The van der Waals surface area contributed by atoms with Gasteiger partial charge in [0, 0.05) is 16.7 Å². The Labute approximate surface area is 129 Å². The van der Waals surface area contributed by atoms with Crippen molar-refractivity contribution >= 4 is 23.3 Å². The molecule has 2 aromatic carbocycles. The SMILES string of the molecule is COc1ccc(/C=C(/C#N)c2cccc(Cl)c2)c(OC)c1. The van der Waals surface area contributed by atoms with Gasteiger partial charge in [0.1, 0.15) is 11.5 Å². The summed E-state index contributed by atoms with van der Waals surface area (Å²) in [6.07, 6.45) is 1.77. The molecule has 0 saturated heterocycles. The average molecular weight is 300 g/mol. The number of nitriles is 1. The number of nitrogens with zero attached hydrogens (tertiary/aromatic N) is 1. The van der Waals surface area contributed by atoms with E-state index in [1.807, 2.05) is 24.3 Å². The number of benzene rings is 2. The maximum atomic E-state index is 9.37. The summed E-state index contributed by atoms with van der Waals surface area (Å²) >= 11 is 5.97. The Hall–Kier alpha value is -2.44. The number of halogens is 1. The first-order valence-corrected chi connectivity index (χ1v) is 6.65. The molecule has 2 rings (SSSR count). The van der Waals surface area contributed by atoms with Crippen molar-refractivity contribution in [1.29, 1.82) is 5.26 Å². The highest BCUT2D eigenvalue weighted by atomic mass is 35.5. The van der Waals surface area contributed by atoms with E-state index in [-0.39, 0.29) is 0 Å². The summed E-state index contributed by atoms with van der Waals surface area (Å²) in [7, 11) is 3.18. The predicted octanol–water partition coefficient (Wildman–Crippen LogP) is 4.42. The van der Waals surface area contributed by atoms with Gasteiger partial charge in [-0.2, -0.15) is 5.26 Å². The van der Waals surface area contributed by atoms with Crippen molar-refractivity contribution in [3.05, 3.63) is 58.6 Å². The van der Waals surface area contributed by atoms with E-state index < -0.39 is 0 Å². The van der Waals surface area contributed by atoms with Crippen LogP contribution < -0.4 is 9.47 Å². The Kier molecular flexibility index (Phi) is 4.86. The molecule has 21 heavy (non-hydrogen) atoms. The van der Waals surface area contributed by atoms with Crippen molar-refractivity contribution in [2.45, 2.75) is 0 Å². The first-order chi connectivity index (χ1) is 10.2. The first kappa shape index (κ1) is 15.0. The Morgan fingerprint density at radius 1 is 1.14 bits per heavy atom. The quantitative estimate of drug-likeness (QED) is 0.620. The van der Waals surface area contributed by atoms with E-state index in [4.69, 9.17) is 21.1 Å².